The van der Waals surface area contributed by atoms with E-state index in [0.717, 1.165) is 32.3 Å². The maximum absolute atomic E-state index is 13.2. The average molecular weight is 658 g/mol. The van der Waals surface area contributed by atoms with Gasteiger partial charge in [-0.25, -0.2) is 4.79 Å². The molecule has 5 rings (SSSR count). The van der Waals surface area contributed by atoms with Crippen molar-refractivity contribution in [3.05, 3.63) is 97.4 Å². The first-order chi connectivity index (χ1) is 22.1. The highest BCUT2D eigenvalue weighted by atomic mass is 35.5. The highest BCUT2D eigenvalue weighted by Gasteiger charge is 2.32. The Balaban J connectivity index is 1.30. The van der Waals surface area contributed by atoms with Gasteiger partial charge in [0.05, 0.1) is 31.4 Å². The number of nitrogens with two attached hydrogens (primary N) is 1. The number of aryl methyl sites for hydroxylation is 2. The molecule has 0 radical (unpaired) electrons. The molecule has 13 heteroatoms. The van der Waals surface area contributed by atoms with Crippen LogP contribution in [0.1, 0.15) is 72.0 Å². The summed E-state index contributed by atoms with van der Waals surface area (Å²) in [5.41, 5.74) is 10.1. The van der Waals surface area contributed by atoms with Gasteiger partial charge in [0.1, 0.15) is 16.9 Å². The predicted molar refractivity (Wildman–Crippen MR) is 177 cm³/mol. The summed E-state index contributed by atoms with van der Waals surface area (Å²) in [5, 5.41) is 16.0. The minimum absolute atomic E-state index is 0.0221. The fraction of sp³-hybridized carbons (Fsp3) is 0.273. The lowest BCUT2D eigenvalue weighted by Gasteiger charge is -2.13. The van der Waals surface area contributed by atoms with Gasteiger partial charge in [-0.1, -0.05) is 35.6 Å². The topological polar surface area (TPSA) is 154 Å². The number of carbonyl (C=O) groups excluding carboxylic acids is 3. The van der Waals surface area contributed by atoms with Crippen LogP contribution in [0, 0.1) is 32.6 Å². The van der Waals surface area contributed by atoms with Crippen molar-refractivity contribution in [2.24, 2.45) is 10.7 Å². The molecule has 1 aliphatic rings. The molecule has 2 aromatic heterocycles. The van der Waals surface area contributed by atoms with E-state index < -0.39 is 12.0 Å². The Morgan fingerprint density at radius 1 is 1.07 bits per heavy atom. The average Bonchev–Trinajstić information content (AvgIpc) is 3.53. The lowest BCUT2D eigenvalue weighted by Crippen LogP contribution is -2.35. The number of nitrogens with one attached hydrogen (secondary N) is 2. The third-order valence-corrected chi connectivity index (χ3v) is 8.93. The second-order valence-corrected chi connectivity index (χ2v) is 12.1. The maximum atomic E-state index is 13.2. The first-order valence-corrected chi connectivity index (χ1v) is 15.6. The molecule has 3 heterocycles. The van der Waals surface area contributed by atoms with Gasteiger partial charge in [-0.15, -0.1) is 21.5 Å². The second kappa shape index (κ2) is 14.1. The number of aliphatic imine (C=N–C) groups is 1. The molecule has 0 bridgehead atoms. The van der Waals surface area contributed by atoms with Crippen LogP contribution in [0.15, 0.2) is 47.5 Å². The molecule has 46 heavy (non-hydrogen) atoms. The van der Waals surface area contributed by atoms with Crippen molar-refractivity contribution < 1.29 is 19.1 Å². The molecule has 1 atom stereocenters. The van der Waals surface area contributed by atoms with Crippen molar-refractivity contribution in [3.63, 3.8) is 0 Å². The number of hydrogen-bond donors (Lipinski definition) is 3. The maximum Gasteiger partial charge on any atom is 0.339 e. The number of aromatic nitrogens is 3. The first kappa shape index (κ1) is 32.6. The van der Waals surface area contributed by atoms with Gasteiger partial charge in [0, 0.05) is 45.2 Å². The Morgan fingerprint density at radius 2 is 1.80 bits per heavy atom. The molecule has 0 saturated carbocycles. The standard InChI is InChI=1S/C33H32ClN7O4S/c1-18-19(2)46-32-28(18)29(21-7-10-24(34)11-8-21)38-26(30-40-39-20(3)41(30)32)17-27(42)36-14-15-37-31(43)23-9-12-25(33(44)45-4)22(16-23)6-5-13-35/h7-12,16,26H,13-15,17,35H2,1-4H3,(H,36,42)(H,37,43)/t26-/m0/s1. The molecule has 2 aromatic carbocycles. The van der Waals surface area contributed by atoms with Crippen molar-refractivity contribution in [2.75, 3.05) is 26.7 Å². The number of hydrogen-bond acceptors (Lipinski definition) is 9. The third kappa shape index (κ3) is 6.72. The van der Waals surface area contributed by atoms with Crippen molar-refractivity contribution in [1.82, 2.24) is 25.4 Å². The molecule has 0 saturated heterocycles. The summed E-state index contributed by atoms with van der Waals surface area (Å²) in [6, 6.07) is 11.4. The molecule has 0 fully saturated rings. The van der Waals surface area contributed by atoms with E-state index in [1.165, 1.54) is 25.3 Å². The van der Waals surface area contributed by atoms with E-state index in [-0.39, 0.29) is 43.4 Å². The van der Waals surface area contributed by atoms with E-state index in [1.54, 1.807) is 11.3 Å². The number of esters is 1. The van der Waals surface area contributed by atoms with Gasteiger partial charge in [0.15, 0.2) is 5.82 Å². The van der Waals surface area contributed by atoms with Gasteiger partial charge >= 0.3 is 5.97 Å². The summed E-state index contributed by atoms with van der Waals surface area (Å²) in [5.74, 6) is 5.57. The highest BCUT2D eigenvalue weighted by molar-refractivity contribution is 7.15. The molecule has 4 aromatic rings. The Morgan fingerprint density at radius 3 is 2.52 bits per heavy atom. The second-order valence-electron chi connectivity index (χ2n) is 10.5. The first-order valence-electron chi connectivity index (χ1n) is 14.5. The minimum atomic E-state index is -0.609. The SMILES string of the molecule is COC(=O)c1ccc(C(=O)NCCNC(=O)C[C@@H]2N=C(c3ccc(Cl)cc3)c3c(sc(C)c3C)-n3c(C)nnc32)cc1C#CCN. The quantitative estimate of drug-likeness (QED) is 0.148. The molecule has 0 unspecified atom stereocenters. The Kier molecular flexibility index (Phi) is 9.96. The predicted octanol–water partition coefficient (Wildman–Crippen LogP) is 3.83. The minimum Gasteiger partial charge on any atom is -0.465 e. The number of thiophene rings is 1. The zero-order valence-electron chi connectivity index (χ0n) is 25.7. The number of amides is 2. The summed E-state index contributed by atoms with van der Waals surface area (Å²) in [7, 11) is 1.27. The molecule has 1 aliphatic heterocycles. The van der Waals surface area contributed by atoms with Gasteiger partial charge < -0.3 is 21.1 Å². The van der Waals surface area contributed by atoms with Crippen molar-refractivity contribution >= 4 is 46.4 Å². The smallest absolute Gasteiger partial charge is 0.339 e. The van der Waals surface area contributed by atoms with Crippen LogP contribution in [-0.2, 0) is 9.53 Å². The zero-order valence-corrected chi connectivity index (χ0v) is 27.3. The monoisotopic (exact) mass is 657 g/mol. The van der Waals surface area contributed by atoms with Crippen LogP contribution >= 0.6 is 22.9 Å². The Labute approximate surface area is 275 Å². The van der Waals surface area contributed by atoms with Crippen LogP contribution < -0.4 is 16.4 Å². The Bertz CT molecular complexity index is 1920. The fourth-order valence-corrected chi connectivity index (χ4v) is 6.42. The van der Waals surface area contributed by atoms with E-state index in [0.29, 0.717) is 27.8 Å². The van der Waals surface area contributed by atoms with E-state index in [1.807, 2.05) is 35.8 Å². The molecule has 2 amide bonds. The largest absolute Gasteiger partial charge is 0.465 e. The van der Waals surface area contributed by atoms with Crippen LogP contribution in [0.2, 0.25) is 5.02 Å². The third-order valence-electron chi connectivity index (χ3n) is 7.48. The summed E-state index contributed by atoms with van der Waals surface area (Å²) in [6.45, 7) is 6.47. The summed E-state index contributed by atoms with van der Waals surface area (Å²) in [4.78, 5) is 44.4. The molecule has 236 valence electrons. The number of rotatable bonds is 8. The number of nitrogens with zero attached hydrogens (tertiary/aromatic N) is 4. The number of fused-ring (bicyclic) bond motifs is 3. The normalized spacial score (nSPS) is 13.3. The van der Waals surface area contributed by atoms with Crippen molar-refractivity contribution in [2.45, 2.75) is 33.2 Å². The molecule has 0 aliphatic carbocycles. The molecule has 11 nitrogen and oxygen atoms in total. The number of halogens is 1. The van der Waals surface area contributed by atoms with E-state index in [2.05, 4.69) is 46.5 Å². The fourth-order valence-electron chi connectivity index (χ4n) is 5.08. The van der Waals surface area contributed by atoms with Crippen LogP contribution in [-0.4, -0.2) is 65.0 Å². The van der Waals surface area contributed by atoms with Crippen molar-refractivity contribution in [3.8, 4) is 16.8 Å². The van der Waals surface area contributed by atoms with Gasteiger partial charge in [-0.05, 0) is 56.7 Å². The zero-order chi connectivity index (χ0) is 33.0. The van der Waals surface area contributed by atoms with Crippen molar-refractivity contribution in [1.29, 1.82) is 0 Å². The number of benzene rings is 2. The molecular weight excluding hydrogens is 626 g/mol. The summed E-state index contributed by atoms with van der Waals surface area (Å²) < 4.78 is 6.78. The number of carbonyl (C=O) groups is 3. The lowest BCUT2D eigenvalue weighted by molar-refractivity contribution is -0.121. The highest BCUT2D eigenvalue weighted by Crippen LogP contribution is 2.39. The molecular formula is C33H32ClN7O4S. The molecule has 0 spiro atoms. The lowest BCUT2D eigenvalue weighted by atomic mass is 9.99. The van der Waals surface area contributed by atoms with Gasteiger partial charge in [0.25, 0.3) is 5.91 Å². The summed E-state index contributed by atoms with van der Waals surface area (Å²) in [6.07, 6.45) is 0.0221. The summed E-state index contributed by atoms with van der Waals surface area (Å²) >= 11 is 7.83. The van der Waals surface area contributed by atoms with Crippen LogP contribution in [0.4, 0.5) is 0 Å². The number of methoxy groups -OCH3 is 1. The van der Waals surface area contributed by atoms with Gasteiger partial charge in [-0.2, -0.15) is 0 Å². The van der Waals surface area contributed by atoms with E-state index in [9.17, 15) is 14.4 Å². The van der Waals surface area contributed by atoms with Gasteiger partial charge in [0.2, 0.25) is 5.91 Å². The number of ether oxygens (including phenoxy) is 1. The van der Waals surface area contributed by atoms with Gasteiger partial charge in [-0.3, -0.25) is 19.1 Å². The van der Waals surface area contributed by atoms with E-state index >= 15 is 0 Å². The molecule has 4 N–H and O–H groups in total. The van der Waals surface area contributed by atoms with Crippen LogP contribution in [0.5, 0.6) is 0 Å². The Hall–Kier alpha value is -4.83. The van der Waals surface area contributed by atoms with Crippen LogP contribution in [0.3, 0.4) is 0 Å². The van der Waals surface area contributed by atoms with Crippen LogP contribution in [0.25, 0.3) is 5.00 Å². The van der Waals surface area contributed by atoms with E-state index in [4.69, 9.17) is 27.1 Å².